The molecule has 2 aliphatic rings. The second kappa shape index (κ2) is 7.12. The Morgan fingerprint density at radius 1 is 1.22 bits per heavy atom. The van der Waals surface area contributed by atoms with Gasteiger partial charge < -0.3 is 4.74 Å². The molecule has 2 heterocycles. The van der Waals surface area contributed by atoms with Gasteiger partial charge in [0.25, 0.3) is 0 Å². The third-order valence-corrected chi connectivity index (χ3v) is 5.07. The maximum atomic E-state index is 11.3. The Labute approximate surface area is 137 Å². The van der Waals surface area contributed by atoms with E-state index in [9.17, 15) is 8.42 Å². The van der Waals surface area contributed by atoms with E-state index in [0.717, 1.165) is 50.1 Å². The molecule has 0 amide bonds. The van der Waals surface area contributed by atoms with Crippen molar-refractivity contribution in [3.63, 3.8) is 0 Å². The van der Waals surface area contributed by atoms with Gasteiger partial charge in [0.05, 0.1) is 30.3 Å². The van der Waals surface area contributed by atoms with E-state index in [4.69, 9.17) is 4.74 Å². The van der Waals surface area contributed by atoms with Crippen molar-refractivity contribution in [2.24, 2.45) is 0 Å². The minimum Gasteiger partial charge on any atom is -0.489 e. The molecule has 0 spiro atoms. The number of hydrazine groups is 1. The number of ether oxygens (including phenoxy) is 1. The Morgan fingerprint density at radius 2 is 2.00 bits per heavy atom. The van der Waals surface area contributed by atoms with E-state index >= 15 is 0 Å². The number of sulfonamides is 1. The highest BCUT2D eigenvalue weighted by atomic mass is 32.2. The molecule has 3 rings (SSSR count). The molecule has 0 radical (unpaired) electrons. The highest BCUT2D eigenvalue weighted by Crippen LogP contribution is 2.25. The van der Waals surface area contributed by atoms with Gasteiger partial charge in [-0.3, -0.25) is 10.4 Å². The summed E-state index contributed by atoms with van der Waals surface area (Å²) in [6, 6.07) is 4.26. The summed E-state index contributed by atoms with van der Waals surface area (Å²) in [7, 11) is -3.12. The molecule has 1 atom stereocenters. The first-order chi connectivity index (χ1) is 11.0. The average molecular weight is 340 g/mol. The Hall–Kier alpha value is -1.22. The molecule has 128 valence electrons. The number of hydrogen-bond donors (Lipinski definition) is 3. The SMILES string of the molecule is CS(=O)(=O)NC1CCC(Oc2ccc(C3CCNN3)nc2)CC1. The van der Waals surface area contributed by atoms with Crippen LogP contribution < -0.4 is 20.3 Å². The fourth-order valence-electron chi connectivity index (χ4n) is 3.17. The van der Waals surface area contributed by atoms with E-state index in [-0.39, 0.29) is 18.2 Å². The maximum absolute atomic E-state index is 11.3. The van der Waals surface area contributed by atoms with Crippen molar-refractivity contribution in [2.75, 3.05) is 12.8 Å². The third kappa shape index (κ3) is 4.87. The van der Waals surface area contributed by atoms with E-state index in [2.05, 4.69) is 20.6 Å². The van der Waals surface area contributed by atoms with Gasteiger partial charge in [0.1, 0.15) is 5.75 Å². The molecule has 7 nitrogen and oxygen atoms in total. The smallest absolute Gasteiger partial charge is 0.208 e. The van der Waals surface area contributed by atoms with E-state index in [1.54, 1.807) is 6.20 Å². The van der Waals surface area contributed by atoms with Crippen LogP contribution in [0.5, 0.6) is 5.75 Å². The molecule has 1 aliphatic carbocycles. The molecule has 8 heteroatoms. The zero-order chi connectivity index (χ0) is 16.3. The number of pyridine rings is 1. The number of rotatable bonds is 5. The standard InChI is InChI=1S/C15H24N4O3S/c1-23(20,21)19-11-2-4-12(5-3-11)22-13-6-7-14(16-10-13)15-8-9-17-18-15/h6-7,10-12,15,17-19H,2-5,8-9H2,1H3. The Morgan fingerprint density at radius 3 is 2.57 bits per heavy atom. The van der Waals surface area contributed by atoms with Crippen LogP contribution in [0.25, 0.3) is 0 Å². The zero-order valence-corrected chi connectivity index (χ0v) is 14.1. The van der Waals surface area contributed by atoms with Gasteiger partial charge in [-0.2, -0.15) is 0 Å². The summed E-state index contributed by atoms with van der Waals surface area (Å²) in [4.78, 5) is 4.47. The highest BCUT2D eigenvalue weighted by molar-refractivity contribution is 7.88. The lowest BCUT2D eigenvalue weighted by atomic mass is 9.94. The fraction of sp³-hybridized carbons (Fsp3) is 0.667. The van der Waals surface area contributed by atoms with Crippen LogP contribution in [-0.4, -0.2) is 38.3 Å². The molecule has 0 aromatic carbocycles. The molecule has 1 aliphatic heterocycles. The summed E-state index contributed by atoms with van der Waals surface area (Å²) >= 11 is 0. The van der Waals surface area contributed by atoms with Crippen LogP contribution in [0, 0.1) is 0 Å². The molecular weight excluding hydrogens is 316 g/mol. The van der Waals surface area contributed by atoms with Gasteiger partial charge in [-0.25, -0.2) is 18.6 Å². The van der Waals surface area contributed by atoms with Gasteiger partial charge in [-0.05, 0) is 44.2 Å². The summed E-state index contributed by atoms with van der Waals surface area (Å²) in [5.41, 5.74) is 7.31. The quantitative estimate of drug-likeness (QED) is 0.736. The van der Waals surface area contributed by atoms with E-state index in [1.807, 2.05) is 12.1 Å². The molecule has 3 N–H and O–H groups in total. The second-order valence-electron chi connectivity index (χ2n) is 6.31. The predicted octanol–water partition coefficient (Wildman–Crippen LogP) is 0.860. The highest BCUT2D eigenvalue weighted by Gasteiger charge is 2.24. The number of nitrogens with zero attached hydrogens (tertiary/aromatic N) is 1. The minimum atomic E-state index is -3.12. The van der Waals surface area contributed by atoms with Crippen LogP contribution in [0.15, 0.2) is 18.3 Å². The van der Waals surface area contributed by atoms with Gasteiger partial charge >= 0.3 is 0 Å². The van der Waals surface area contributed by atoms with Crippen LogP contribution in [0.2, 0.25) is 0 Å². The zero-order valence-electron chi connectivity index (χ0n) is 13.3. The molecule has 1 saturated carbocycles. The predicted molar refractivity (Wildman–Crippen MR) is 87.4 cm³/mol. The molecule has 23 heavy (non-hydrogen) atoms. The lowest BCUT2D eigenvalue weighted by Crippen LogP contribution is -2.39. The van der Waals surface area contributed by atoms with Crippen molar-refractivity contribution in [2.45, 2.75) is 50.3 Å². The number of aromatic nitrogens is 1. The molecule has 1 unspecified atom stereocenters. The molecule has 1 aromatic rings. The number of nitrogens with one attached hydrogen (secondary N) is 3. The van der Waals surface area contributed by atoms with E-state index < -0.39 is 10.0 Å². The van der Waals surface area contributed by atoms with Gasteiger partial charge in [-0.15, -0.1) is 0 Å². The van der Waals surface area contributed by atoms with Crippen molar-refractivity contribution in [3.8, 4) is 5.75 Å². The summed E-state index contributed by atoms with van der Waals surface area (Å²) < 4.78 is 31.2. The van der Waals surface area contributed by atoms with Crippen LogP contribution in [0.1, 0.15) is 43.8 Å². The van der Waals surface area contributed by atoms with Crippen LogP contribution in [0.4, 0.5) is 0 Å². The Kier molecular flexibility index (Phi) is 5.15. The maximum Gasteiger partial charge on any atom is 0.208 e. The Bertz CT molecular complexity index is 606. The first-order valence-electron chi connectivity index (χ1n) is 8.08. The van der Waals surface area contributed by atoms with Crippen LogP contribution >= 0.6 is 0 Å². The summed E-state index contributed by atoms with van der Waals surface area (Å²) in [5.74, 6) is 0.777. The van der Waals surface area contributed by atoms with Crippen molar-refractivity contribution < 1.29 is 13.2 Å². The van der Waals surface area contributed by atoms with E-state index in [1.165, 1.54) is 6.26 Å². The second-order valence-corrected chi connectivity index (χ2v) is 8.09. The monoisotopic (exact) mass is 340 g/mol. The topological polar surface area (TPSA) is 92.4 Å². The number of hydrogen-bond acceptors (Lipinski definition) is 6. The largest absolute Gasteiger partial charge is 0.489 e. The lowest BCUT2D eigenvalue weighted by Gasteiger charge is -2.29. The van der Waals surface area contributed by atoms with E-state index in [0.29, 0.717) is 0 Å². The Balaban J connectivity index is 1.48. The van der Waals surface area contributed by atoms with Gasteiger partial charge in [0.2, 0.25) is 10.0 Å². The molecular formula is C15H24N4O3S. The molecule has 0 bridgehead atoms. The van der Waals surface area contributed by atoms with Crippen molar-refractivity contribution in [1.29, 1.82) is 0 Å². The minimum absolute atomic E-state index is 0.0336. The normalized spacial score (nSPS) is 28.7. The third-order valence-electron chi connectivity index (χ3n) is 4.31. The first-order valence-corrected chi connectivity index (χ1v) is 9.97. The van der Waals surface area contributed by atoms with Crippen molar-refractivity contribution >= 4 is 10.0 Å². The van der Waals surface area contributed by atoms with Crippen molar-refractivity contribution in [3.05, 3.63) is 24.0 Å². The molecule has 1 saturated heterocycles. The fourth-order valence-corrected chi connectivity index (χ4v) is 4.01. The summed E-state index contributed by atoms with van der Waals surface area (Å²) in [6.45, 7) is 0.954. The van der Waals surface area contributed by atoms with Gasteiger partial charge in [0.15, 0.2) is 0 Å². The molecule has 2 fully saturated rings. The first kappa shape index (κ1) is 16.6. The average Bonchev–Trinajstić information content (AvgIpc) is 3.03. The van der Waals surface area contributed by atoms with Crippen LogP contribution in [-0.2, 0) is 10.0 Å². The lowest BCUT2D eigenvalue weighted by molar-refractivity contribution is 0.143. The molecule has 1 aromatic heterocycles. The summed E-state index contributed by atoms with van der Waals surface area (Å²) in [6.07, 6.45) is 7.46. The van der Waals surface area contributed by atoms with Gasteiger partial charge in [0, 0.05) is 12.6 Å². The van der Waals surface area contributed by atoms with Crippen molar-refractivity contribution in [1.82, 2.24) is 20.6 Å². The summed E-state index contributed by atoms with van der Waals surface area (Å²) in [5, 5.41) is 0. The van der Waals surface area contributed by atoms with Crippen LogP contribution in [0.3, 0.4) is 0 Å². The van der Waals surface area contributed by atoms with Gasteiger partial charge in [-0.1, -0.05) is 0 Å².